The van der Waals surface area contributed by atoms with Gasteiger partial charge in [-0.1, -0.05) is 44.8 Å². The smallest absolute Gasteiger partial charge is 0.0166 e. The molecule has 1 atom stereocenters. The van der Waals surface area contributed by atoms with Crippen LogP contribution in [-0.2, 0) is 0 Å². The highest BCUT2D eigenvalue weighted by atomic mass is 15.2. The van der Waals surface area contributed by atoms with E-state index in [0.717, 1.165) is 12.0 Å². The second-order valence-corrected chi connectivity index (χ2v) is 5.00. The van der Waals surface area contributed by atoms with Crippen LogP contribution in [0.5, 0.6) is 0 Å². The molecular formula is C13H23N. The third kappa shape index (κ3) is 2.60. The zero-order chi connectivity index (χ0) is 9.80. The maximum absolute atomic E-state index is 2.70. The topological polar surface area (TPSA) is 3.24 Å². The standard InChI is InChI=1S/C13H23N/c1-12-7-6-10-14(11-12)13-8-4-2-3-5-9-13/h6-7,12-13H,2-5,8-11H2,1H3. The Hall–Kier alpha value is -0.300. The Labute approximate surface area is 88.2 Å². The summed E-state index contributed by atoms with van der Waals surface area (Å²) in [5.41, 5.74) is 0. The molecular weight excluding hydrogens is 170 g/mol. The van der Waals surface area contributed by atoms with E-state index in [0.29, 0.717) is 0 Å². The molecule has 0 bridgehead atoms. The molecule has 0 saturated heterocycles. The molecule has 1 heteroatoms. The lowest BCUT2D eigenvalue weighted by molar-refractivity contribution is 0.175. The molecule has 80 valence electrons. The lowest BCUT2D eigenvalue weighted by Gasteiger charge is -2.34. The lowest BCUT2D eigenvalue weighted by atomic mass is 10.0. The molecule has 1 saturated carbocycles. The predicted molar refractivity (Wildman–Crippen MR) is 61.4 cm³/mol. The van der Waals surface area contributed by atoms with E-state index in [1.165, 1.54) is 51.6 Å². The average Bonchev–Trinajstić information content (AvgIpc) is 2.45. The molecule has 2 aliphatic rings. The van der Waals surface area contributed by atoms with Gasteiger partial charge in [0.15, 0.2) is 0 Å². The van der Waals surface area contributed by atoms with Gasteiger partial charge in [-0.15, -0.1) is 0 Å². The van der Waals surface area contributed by atoms with Crippen LogP contribution in [0, 0.1) is 5.92 Å². The van der Waals surface area contributed by atoms with Crippen LogP contribution in [0.25, 0.3) is 0 Å². The third-order valence-corrected chi connectivity index (χ3v) is 3.67. The highest BCUT2D eigenvalue weighted by Gasteiger charge is 2.21. The molecule has 1 aliphatic carbocycles. The summed E-state index contributed by atoms with van der Waals surface area (Å²) in [7, 11) is 0. The van der Waals surface area contributed by atoms with Gasteiger partial charge in [0.25, 0.3) is 0 Å². The van der Waals surface area contributed by atoms with Gasteiger partial charge in [-0.25, -0.2) is 0 Å². The van der Waals surface area contributed by atoms with Crippen LogP contribution in [0.2, 0.25) is 0 Å². The molecule has 1 fully saturated rings. The molecule has 0 N–H and O–H groups in total. The second kappa shape index (κ2) is 4.97. The predicted octanol–water partition coefficient (Wildman–Crippen LogP) is 3.22. The van der Waals surface area contributed by atoms with Gasteiger partial charge in [0, 0.05) is 19.1 Å². The zero-order valence-corrected chi connectivity index (χ0v) is 9.41. The summed E-state index contributed by atoms with van der Waals surface area (Å²) >= 11 is 0. The number of hydrogen-bond donors (Lipinski definition) is 0. The van der Waals surface area contributed by atoms with Gasteiger partial charge in [-0.05, 0) is 18.8 Å². The highest BCUT2D eigenvalue weighted by molar-refractivity contribution is 4.97. The Kier molecular flexibility index (Phi) is 3.63. The van der Waals surface area contributed by atoms with Crippen molar-refractivity contribution in [2.75, 3.05) is 13.1 Å². The van der Waals surface area contributed by atoms with Crippen LogP contribution >= 0.6 is 0 Å². The SMILES string of the molecule is CC1C=CCN(C2CCCCCC2)C1. The Morgan fingerprint density at radius 1 is 1.07 bits per heavy atom. The van der Waals surface area contributed by atoms with E-state index in [9.17, 15) is 0 Å². The Morgan fingerprint density at radius 3 is 2.43 bits per heavy atom. The molecule has 1 aliphatic heterocycles. The van der Waals surface area contributed by atoms with Crippen LogP contribution in [0.4, 0.5) is 0 Å². The lowest BCUT2D eigenvalue weighted by Crippen LogP contribution is -2.39. The Balaban J connectivity index is 1.89. The fourth-order valence-electron chi connectivity index (χ4n) is 2.85. The Bertz CT molecular complexity index is 189. The fraction of sp³-hybridized carbons (Fsp3) is 0.846. The van der Waals surface area contributed by atoms with Crippen molar-refractivity contribution < 1.29 is 0 Å². The first-order valence-electron chi connectivity index (χ1n) is 6.27. The normalized spacial score (nSPS) is 31.6. The molecule has 1 nitrogen and oxygen atoms in total. The van der Waals surface area contributed by atoms with E-state index >= 15 is 0 Å². The van der Waals surface area contributed by atoms with Crippen molar-refractivity contribution in [1.82, 2.24) is 4.90 Å². The fourth-order valence-corrected chi connectivity index (χ4v) is 2.85. The van der Waals surface area contributed by atoms with Gasteiger partial charge in [0.1, 0.15) is 0 Å². The monoisotopic (exact) mass is 193 g/mol. The molecule has 1 heterocycles. The van der Waals surface area contributed by atoms with Gasteiger partial charge in [-0.3, -0.25) is 4.90 Å². The first-order valence-corrected chi connectivity index (χ1v) is 6.27. The van der Waals surface area contributed by atoms with Crippen LogP contribution in [0.3, 0.4) is 0 Å². The molecule has 14 heavy (non-hydrogen) atoms. The van der Waals surface area contributed by atoms with Crippen LogP contribution in [0.15, 0.2) is 12.2 Å². The van der Waals surface area contributed by atoms with Gasteiger partial charge in [0.2, 0.25) is 0 Å². The van der Waals surface area contributed by atoms with Crippen molar-refractivity contribution in [2.24, 2.45) is 5.92 Å². The molecule has 1 unspecified atom stereocenters. The van der Waals surface area contributed by atoms with Crippen molar-refractivity contribution in [2.45, 2.75) is 51.5 Å². The molecule has 0 radical (unpaired) electrons. The minimum Gasteiger partial charge on any atom is -0.296 e. The van der Waals surface area contributed by atoms with Crippen molar-refractivity contribution >= 4 is 0 Å². The molecule has 0 amide bonds. The summed E-state index contributed by atoms with van der Waals surface area (Å²) in [6.45, 7) is 4.83. The van der Waals surface area contributed by atoms with Crippen LogP contribution in [-0.4, -0.2) is 24.0 Å². The summed E-state index contributed by atoms with van der Waals surface area (Å²) in [5.74, 6) is 0.770. The summed E-state index contributed by atoms with van der Waals surface area (Å²) in [6, 6.07) is 0.893. The van der Waals surface area contributed by atoms with Crippen molar-refractivity contribution in [3.05, 3.63) is 12.2 Å². The van der Waals surface area contributed by atoms with E-state index < -0.39 is 0 Å². The van der Waals surface area contributed by atoms with Crippen molar-refractivity contribution in [3.63, 3.8) is 0 Å². The van der Waals surface area contributed by atoms with Gasteiger partial charge < -0.3 is 0 Å². The van der Waals surface area contributed by atoms with Crippen LogP contribution < -0.4 is 0 Å². The number of rotatable bonds is 1. The maximum atomic E-state index is 2.70. The van der Waals surface area contributed by atoms with Crippen LogP contribution in [0.1, 0.15) is 45.4 Å². The summed E-state index contributed by atoms with van der Waals surface area (Å²) in [4.78, 5) is 2.70. The van der Waals surface area contributed by atoms with E-state index in [2.05, 4.69) is 24.0 Å². The largest absolute Gasteiger partial charge is 0.296 e. The molecule has 0 aromatic carbocycles. The number of hydrogen-bond acceptors (Lipinski definition) is 1. The highest BCUT2D eigenvalue weighted by Crippen LogP contribution is 2.24. The maximum Gasteiger partial charge on any atom is 0.0166 e. The minimum atomic E-state index is 0.770. The second-order valence-electron chi connectivity index (χ2n) is 5.00. The summed E-state index contributed by atoms with van der Waals surface area (Å²) in [5, 5.41) is 0. The van der Waals surface area contributed by atoms with Gasteiger partial charge in [-0.2, -0.15) is 0 Å². The quantitative estimate of drug-likeness (QED) is 0.456. The average molecular weight is 193 g/mol. The molecule has 0 aromatic heterocycles. The minimum absolute atomic E-state index is 0.770. The van der Waals surface area contributed by atoms with Crippen molar-refractivity contribution in [1.29, 1.82) is 0 Å². The first kappa shape index (κ1) is 10.2. The third-order valence-electron chi connectivity index (χ3n) is 3.67. The van der Waals surface area contributed by atoms with E-state index in [1.54, 1.807) is 0 Å². The Morgan fingerprint density at radius 2 is 1.79 bits per heavy atom. The van der Waals surface area contributed by atoms with Crippen molar-refractivity contribution in [3.8, 4) is 0 Å². The van der Waals surface area contributed by atoms with E-state index in [1.807, 2.05) is 0 Å². The summed E-state index contributed by atoms with van der Waals surface area (Å²) in [6.07, 6.45) is 13.5. The van der Waals surface area contributed by atoms with Gasteiger partial charge >= 0.3 is 0 Å². The summed E-state index contributed by atoms with van der Waals surface area (Å²) < 4.78 is 0. The number of nitrogens with zero attached hydrogens (tertiary/aromatic N) is 1. The van der Waals surface area contributed by atoms with E-state index in [4.69, 9.17) is 0 Å². The zero-order valence-electron chi connectivity index (χ0n) is 9.41. The molecule has 2 rings (SSSR count). The molecule has 0 aromatic rings. The van der Waals surface area contributed by atoms with Gasteiger partial charge in [0.05, 0.1) is 0 Å². The first-order chi connectivity index (χ1) is 6.86. The molecule has 0 spiro atoms. The van der Waals surface area contributed by atoms with E-state index in [-0.39, 0.29) is 0 Å².